The largest absolute Gasteiger partial charge is 0.486 e. The molecule has 0 unspecified atom stereocenters. The monoisotopic (exact) mass is 376 g/mol. The van der Waals surface area contributed by atoms with Gasteiger partial charge in [0.15, 0.2) is 11.5 Å². The Balaban J connectivity index is 1.88. The van der Waals surface area contributed by atoms with Crippen LogP contribution in [0.4, 0.5) is 0 Å². The Kier molecular flexibility index (Phi) is 6.31. The van der Waals surface area contributed by atoms with Crippen LogP contribution < -0.4 is 14.8 Å². The fraction of sp³-hybridized carbons (Fsp3) is 0.533. The lowest BCUT2D eigenvalue weighted by Gasteiger charge is -2.20. The molecule has 1 N–H and O–H groups in total. The van der Waals surface area contributed by atoms with E-state index in [0.29, 0.717) is 54.8 Å². The number of sulfonamides is 1. The van der Waals surface area contributed by atoms with Crippen molar-refractivity contribution in [3.63, 3.8) is 0 Å². The van der Waals surface area contributed by atoms with Gasteiger partial charge in [0, 0.05) is 25.7 Å². The Hall–Kier alpha value is -1.51. The van der Waals surface area contributed by atoms with E-state index in [1.807, 2.05) is 0 Å². The van der Waals surface area contributed by atoms with Crippen LogP contribution in [0.1, 0.15) is 23.7 Å². The number of halogens is 1. The van der Waals surface area contributed by atoms with E-state index in [1.165, 1.54) is 17.4 Å². The first kappa shape index (κ1) is 18.8. The molecular formula is C15H21ClN2O5S. The van der Waals surface area contributed by atoms with Crippen molar-refractivity contribution in [3.05, 3.63) is 22.7 Å². The molecule has 1 amide bonds. The van der Waals surface area contributed by atoms with Crippen molar-refractivity contribution in [2.24, 2.45) is 0 Å². The van der Waals surface area contributed by atoms with Gasteiger partial charge in [-0.25, -0.2) is 12.7 Å². The van der Waals surface area contributed by atoms with Crippen LogP contribution in [0, 0.1) is 0 Å². The second-order valence-corrected chi connectivity index (χ2v) is 8.09. The summed E-state index contributed by atoms with van der Waals surface area (Å²) < 4.78 is 35.4. The lowest BCUT2D eigenvalue weighted by molar-refractivity contribution is 0.0951. The van der Waals surface area contributed by atoms with E-state index in [1.54, 1.807) is 13.0 Å². The van der Waals surface area contributed by atoms with E-state index in [2.05, 4.69) is 5.32 Å². The number of nitrogens with zero attached hydrogens (tertiary/aromatic N) is 1. The average Bonchev–Trinajstić information content (AvgIpc) is 2.58. The molecule has 2 rings (SSSR count). The number of hydrogen-bond donors (Lipinski definition) is 1. The smallest absolute Gasteiger partial charge is 0.251 e. The van der Waals surface area contributed by atoms with Gasteiger partial charge in [0.1, 0.15) is 13.2 Å². The summed E-state index contributed by atoms with van der Waals surface area (Å²) >= 11 is 6.10. The summed E-state index contributed by atoms with van der Waals surface area (Å²) in [6, 6.07) is 3.11. The lowest BCUT2D eigenvalue weighted by Crippen LogP contribution is -2.32. The minimum atomic E-state index is -3.19. The molecule has 9 heteroatoms. The quantitative estimate of drug-likeness (QED) is 0.729. The predicted octanol–water partition coefficient (Wildman–Crippen LogP) is 1.51. The SMILES string of the molecule is CCS(=O)(=O)N(C)CCCNC(=O)c1cc(Cl)c2c(c1)OCCO2. The Morgan fingerprint density at radius 2 is 2.04 bits per heavy atom. The van der Waals surface area contributed by atoms with E-state index in [0.717, 1.165) is 0 Å². The molecule has 0 aromatic heterocycles. The van der Waals surface area contributed by atoms with Gasteiger partial charge in [0.25, 0.3) is 5.91 Å². The van der Waals surface area contributed by atoms with Crippen molar-refractivity contribution >= 4 is 27.5 Å². The summed E-state index contributed by atoms with van der Waals surface area (Å²) in [6.07, 6.45) is 0.514. The van der Waals surface area contributed by atoms with Gasteiger partial charge in [0.2, 0.25) is 10.0 Å². The Labute approximate surface area is 146 Å². The highest BCUT2D eigenvalue weighted by Gasteiger charge is 2.19. The molecule has 0 fully saturated rings. The molecule has 1 aliphatic heterocycles. The van der Waals surface area contributed by atoms with Crippen molar-refractivity contribution in [2.75, 3.05) is 39.1 Å². The van der Waals surface area contributed by atoms with Crippen molar-refractivity contribution < 1.29 is 22.7 Å². The third-order valence-corrected chi connectivity index (χ3v) is 5.78. The normalized spacial score (nSPS) is 13.8. The summed E-state index contributed by atoms with van der Waals surface area (Å²) in [5.41, 5.74) is 0.374. The van der Waals surface area contributed by atoms with Crippen molar-refractivity contribution in [1.82, 2.24) is 9.62 Å². The number of hydrogen-bond acceptors (Lipinski definition) is 5. The maximum absolute atomic E-state index is 12.2. The van der Waals surface area contributed by atoms with Gasteiger partial charge in [-0.15, -0.1) is 0 Å². The standard InChI is InChI=1S/C15H21ClN2O5S/c1-3-24(20,21)18(2)6-4-5-17-15(19)11-9-12(16)14-13(10-11)22-7-8-23-14/h9-10H,3-8H2,1-2H3,(H,17,19). The molecular weight excluding hydrogens is 356 g/mol. The minimum absolute atomic E-state index is 0.0611. The Bertz CT molecular complexity index is 708. The molecule has 0 saturated heterocycles. The maximum atomic E-state index is 12.2. The highest BCUT2D eigenvalue weighted by atomic mass is 35.5. The first-order valence-corrected chi connectivity index (χ1v) is 9.65. The predicted molar refractivity (Wildman–Crippen MR) is 91.5 cm³/mol. The first-order valence-electron chi connectivity index (χ1n) is 7.66. The Morgan fingerprint density at radius 3 is 2.75 bits per heavy atom. The number of amides is 1. The molecule has 0 bridgehead atoms. The molecule has 0 spiro atoms. The van der Waals surface area contributed by atoms with Gasteiger partial charge in [-0.3, -0.25) is 4.79 Å². The number of benzene rings is 1. The summed E-state index contributed by atoms with van der Waals surface area (Å²) in [6.45, 7) is 3.13. The van der Waals surface area contributed by atoms with E-state index < -0.39 is 10.0 Å². The van der Waals surface area contributed by atoms with Crippen LogP contribution in [-0.4, -0.2) is 57.7 Å². The molecule has 1 aromatic carbocycles. The average molecular weight is 377 g/mol. The molecule has 0 radical (unpaired) electrons. The third kappa shape index (κ3) is 4.52. The van der Waals surface area contributed by atoms with Gasteiger partial charge >= 0.3 is 0 Å². The van der Waals surface area contributed by atoms with Gasteiger partial charge in [-0.2, -0.15) is 0 Å². The Morgan fingerprint density at radius 1 is 1.33 bits per heavy atom. The molecule has 0 saturated carbocycles. The van der Waals surface area contributed by atoms with Gasteiger partial charge in [0.05, 0.1) is 10.8 Å². The van der Waals surface area contributed by atoms with E-state index in [9.17, 15) is 13.2 Å². The zero-order valence-corrected chi connectivity index (χ0v) is 15.2. The molecule has 0 atom stereocenters. The summed E-state index contributed by atoms with van der Waals surface area (Å²) in [5, 5.41) is 3.07. The van der Waals surface area contributed by atoms with Crippen LogP contribution in [0.2, 0.25) is 5.02 Å². The topological polar surface area (TPSA) is 84.9 Å². The van der Waals surface area contributed by atoms with E-state index in [-0.39, 0.29) is 11.7 Å². The second-order valence-electron chi connectivity index (χ2n) is 5.31. The van der Waals surface area contributed by atoms with Crippen LogP contribution in [0.5, 0.6) is 11.5 Å². The van der Waals surface area contributed by atoms with Crippen molar-refractivity contribution in [2.45, 2.75) is 13.3 Å². The summed E-state index contributed by atoms with van der Waals surface area (Å²) in [5.74, 6) is 0.666. The molecule has 1 aliphatic rings. The highest BCUT2D eigenvalue weighted by Crippen LogP contribution is 2.38. The lowest BCUT2D eigenvalue weighted by atomic mass is 10.1. The maximum Gasteiger partial charge on any atom is 0.251 e. The first-order chi connectivity index (χ1) is 11.3. The highest BCUT2D eigenvalue weighted by molar-refractivity contribution is 7.89. The van der Waals surface area contributed by atoms with Gasteiger partial charge in [-0.05, 0) is 25.5 Å². The van der Waals surface area contributed by atoms with Crippen LogP contribution in [-0.2, 0) is 10.0 Å². The molecule has 1 aromatic rings. The molecule has 134 valence electrons. The van der Waals surface area contributed by atoms with Gasteiger partial charge in [-0.1, -0.05) is 11.6 Å². The second kappa shape index (κ2) is 8.04. The molecule has 1 heterocycles. The zero-order chi connectivity index (χ0) is 17.7. The van der Waals surface area contributed by atoms with Crippen LogP contribution >= 0.6 is 11.6 Å². The number of fused-ring (bicyclic) bond motifs is 1. The molecule has 0 aliphatic carbocycles. The zero-order valence-electron chi connectivity index (χ0n) is 13.7. The minimum Gasteiger partial charge on any atom is -0.486 e. The van der Waals surface area contributed by atoms with E-state index >= 15 is 0 Å². The van der Waals surface area contributed by atoms with E-state index in [4.69, 9.17) is 21.1 Å². The number of carbonyl (C=O) groups is 1. The van der Waals surface area contributed by atoms with Crippen LogP contribution in [0.15, 0.2) is 12.1 Å². The fourth-order valence-electron chi connectivity index (χ4n) is 2.21. The van der Waals surface area contributed by atoms with Crippen LogP contribution in [0.3, 0.4) is 0 Å². The van der Waals surface area contributed by atoms with Crippen molar-refractivity contribution in [1.29, 1.82) is 0 Å². The fourth-order valence-corrected chi connectivity index (χ4v) is 3.32. The number of rotatable bonds is 7. The third-order valence-electron chi connectivity index (χ3n) is 3.63. The van der Waals surface area contributed by atoms with Crippen molar-refractivity contribution in [3.8, 4) is 11.5 Å². The molecule has 7 nitrogen and oxygen atoms in total. The summed E-state index contributed by atoms with van der Waals surface area (Å²) in [4.78, 5) is 12.2. The van der Waals surface area contributed by atoms with Crippen LogP contribution in [0.25, 0.3) is 0 Å². The van der Waals surface area contributed by atoms with Gasteiger partial charge < -0.3 is 14.8 Å². The number of ether oxygens (including phenoxy) is 2. The molecule has 24 heavy (non-hydrogen) atoms. The number of nitrogens with one attached hydrogen (secondary N) is 1. The number of carbonyl (C=O) groups excluding carboxylic acids is 1. The summed E-state index contributed by atoms with van der Waals surface area (Å²) in [7, 11) is -1.67.